The van der Waals surface area contributed by atoms with Crippen LogP contribution in [-0.4, -0.2) is 73.2 Å². The highest BCUT2D eigenvalue weighted by atomic mass is 16.5. The zero-order valence-electron chi connectivity index (χ0n) is 12.3. The number of carboxylic acids is 1. The van der Waals surface area contributed by atoms with E-state index >= 15 is 0 Å². The van der Waals surface area contributed by atoms with Crippen LogP contribution in [0.1, 0.15) is 20.8 Å². The van der Waals surface area contributed by atoms with E-state index in [0.29, 0.717) is 25.6 Å². The fraction of sp³-hybridized carbons (Fsp3) is 0.923. The predicted molar refractivity (Wildman–Crippen MR) is 72.2 cm³/mol. The molecular weight excluding hydrogens is 250 g/mol. The zero-order chi connectivity index (χ0) is 14.8. The van der Waals surface area contributed by atoms with Crippen molar-refractivity contribution in [2.24, 2.45) is 5.92 Å². The van der Waals surface area contributed by atoms with Crippen molar-refractivity contribution >= 4 is 5.97 Å². The molecule has 2 atom stereocenters. The molecule has 0 aromatic rings. The maximum absolute atomic E-state index is 10.8. The highest BCUT2D eigenvalue weighted by molar-refractivity contribution is 5.69. The van der Waals surface area contributed by atoms with E-state index in [9.17, 15) is 9.90 Å². The summed E-state index contributed by atoms with van der Waals surface area (Å²) in [6.07, 6.45) is -0.782. The summed E-state index contributed by atoms with van der Waals surface area (Å²) in [4.78, 5) is 12.5. The zero-order valence-corrected chi connectivity index (χ0v) is 12.3. The van der Waals surface area contributed by atoms with Gasteiger partial charge in [0.1, 0.15) is 0 Å². The molecule has 19 heavy (non-hydrogen) atoms. The molecule has 0 bridgehead atoms. The van der Waals surface area contributed by atoms with Crippen LogP contribution in [0.2, 0.25) is 0 Å². The molecule has 0 aromatic carbocycles. The number of aliphatic hydroxyl groups is 1. The van der Waals surface area contributed by atoms with Gasteiger partial charge in [0.25, 0.3) is 0 Å². The van der Waals surface area contributed by atoms with Gasteiger partial charge in [-0.05, 0) is 12.8 Å². The summed E-state index contributed by atoms with van der Waals surface area (Å²) in [7, 11) is 1.59. The summed E-state index contributed by atoms with van der Waals surface area (Å²) < 4.78 is 10.3. The molecule has 114 valence electrons. The standard InChI is InChI=1S/C13H27NO5/c1-10(2)5-14(7-13(16)17)6-12(15)9-19-11(3)8-18-4/h10-12,15H,5-9H2,1-4H3,(H,16,17). The number of ether oxygens (including phenoxy) is 2. The van der Waals surface area contributed by atoms with E-state index in [1.807, 2.05) is 20.8 Å². The van der Waals surface area contributed by atoms with Gasteiger partial charge in [0.2, 0.25) is 0 Å². The Kier molecular flexibility index (Phi) is 9.77. The van der Waals surface area contributed by atoms with E-state index in [-0.39, 0.29) is 19.3 Å². The van der Waals surface area contributed by atoms with E-state index < -0.39 is 12.1 Å². The van der Waals surface area contributed by atoms with Gasteiger partial charge >= 0.3 is 5.97 Å². The summed E-state index contributed by atoms with van der Waals surface area (Å²) in [5.41, 5.74) is 0. The van der Waals surface area contributed by atoms with Crippen LogP contribution in [0.15, 0.2) is 0 Å². The topological polar surface area (TPSA) is 79.2 Å². The Balaban J connectivity index is 4.07. The van der Waals surface area contributed by atoms with E-state index in [1.165, 1.54) is 0 Å². The van der Waals surface area contributed by atoms with Gasteiger partial charge in [-0.25, -0.2) is 0 Å². The van der Waals surface area contributed by atoms with Crippen molar-refractivity contribution in [3.63, 3.8) is 0 Å². The quantitative estimate of drug-likeness (QED) is 0.570. The van der Waals surface area contributed by atoms with Crippen LogP contribution < -0.4 is 0 Å². The minimum absolute atomic E-state index is 0.0666. The van der Waals surface area contributed by atoms with Crippen LogP contribution in [0, 0.1) is 5.92 Å². The Morgan fingerprint density at radius 1 is 1.21 bits per heavy atom. The molecule has 0 amide bonds. The second kappa shape index (κ2) is 10.1. The van der Waals surface area contributed by atoms with Crippen molar-refractivity contribution in [2.45, 2.75) is 33.0 Å². The summed E-state index contributed by atoms with van der Waals surface area (Å²) in [6, 6.07) is 0. The van der Waals surface area contributed by atoms with Gasteiger partial charge in [0.05, 0.1) is 32.0 Å². The van der Waals surface area contributed by atoms with Crippen LogP contribution in [-0.2, 0) is 14.3 Å². The number of hydrogen-bond acceptors (Lipinski definition) is 5. The summed E-state index contributed by atoms with van der Waals surface area (Å²) in [6.45, 7) is 7.40. The monoisotopic (exact) mass is 277 g/mol. The van der Waals surface area contributed by atoms with E-state index in [1.54, 1.807) is 12.0 Å². The minimum atomic E-state index is -0.887. The van der Waals surface area contributed by atoms with Gasteiger partial charge in [-0.3, -0.25) is 9.69 Å². The number of aliphatic carboxylic acids is 1. The molecule has 0 aliphatic carbocycles. The second-order valence-corrected chi connectivity index (χ2v) is 5.23. The molecule has 0 aromatic heterocycles. The lowest BCUT2D eigenvalue weighted by molar-refractivity contribution is -0.139. The third-order valence-electron chi connectivity index (χ3n) is 2.43. The highest BCUT2D eigenvalue weighted by Crippen LogP contribution is 2.02. The number of carbonyl (C=O) groups is 1. The molecule has 0 rings (SSSR count). The van der Waals surface area contributed by atoms with Crippen molar-refractivity contribution in [1.29, 1.82) is 0 Å². The fourth-order valence-corrected chi connectivity index (χ4v) is 1.82. The Labute approximate surface area is 115 Å². The molecule has 2 unspecified atom stereocenters. The number of aliphatic hydroxyl groups excluding tert-OH is 1. The fourth-order valence-electron chi connectivity index (χ4n) is 1.82. The molecular formula is C13H27NO5. The first-order chi connectivity index (χ1) is 8.85. The molecule has 0 spiro atoms. The van der Waals surface area contributed by atoms with Crippen molar-refractivity contribution in [1.82, 2.24) is 4.90 Å². The number of rotatable bonds is 11. The molecule has 0 heterocycles. The van der Waals surface area contributed by atoms with Gasteiger partial charge in [0.15, 0.2) is 0 Å². The van der Waals surface area contributed by atoms with Crippen molar-refractivity contribution in [3.8, 4) is 0 Å². The smallest absolute Gasteiger partial charge is 0.317 e. The lowest BCUT2D eigenvalue weighted by atomic mass is 10.2. The third-order valence-corrected chi connectivity index (χ3v) is 2.43. The van der Waals surface area contributed by atoms with Gasteiger partial charge < -0.3 is 19.7 Å². The minimum Gasteiger partial charge on any atom is -0.480 e. The van der Waals surface area contributed by atoms with Crippen LogP contribution in [0.25, 0.3) is 0 Å². The van der Waals surface area contributed by atoms with E-state index in [4.69, 9.17) is 14.6 Å². The number of methoxy groups -OCH3 is 1. The maximum atomic E-state index is 10.8. The Morgan fingerprint density at radius 2 is 1.84 bits per heavy atom. The normalized spacial score (nSPS) is 14.9. The second-order valence-electron chi connectivity index (χ2n) is 5.23. The van der Waals surface area contributed by atoms with E-state index in [2.05, 4.69) is 0 Å². The van der Waals surface area contributed by atoms with Crippen molar-refractivity contribution in [3.05, 3.63) is 0 Å². The van der Waals surface area contributed by atoms with Crippen LogP contribution in [0.4, 0.5) is 0 Å². The largest absolute Gasteiger partial charge is 0.480 e. The molecule has 0 radical (unpaired) electrons. The molecule has 6 heteroatoms. The number of nitrogens with zero attached hydrogens (tertiary/aromatic N) is 1. The van der Waals surface area contributed by atoms with Crippen LogP contribution in [0.3, 0.4) is 0 Å². The van der Waals surface area contributed by atoms with Crippen LogP contribution in [0.5, 0.6) is 0 Å². The van der Waals surface area contributed by atoms with Crippen molar-refractivity contribution in [2.75, 3.05) is 40.0 Å². The van der Waals surface area contributed by atoms with Crippen molar-refractivity contribution < 1.29 is 24.5 Å². The molecule has 0 saturated heterocycles. The number of hydrogen-bond donors (Lipinski definition) is 2. The highest BCUT2D eigenvalue weighted by Gasteiger charge is 2.16. The average Bonchev–Trinajstić information content (AvgIpc) is 2.24. The molecule has 0 saturated carbocycles. The average molecular weight is 277 g/mol. The first-order valence-corrected chi connectivity index (χ1v) is 6.57. The molecule has 0 aliphatic heterocycles. The van der Waals surface area contributed by atoms with Gasteiger partial charge in [0, 0.05) is 20.2 Å². The predicted octanol–water partition coefficient (Wildman–Crippen LogP) is 0.441. The first-order valence-electron chi connectivity index (χ1n) is 6.57. The Morgan fingerprint density at radius 3 is 2.32 bits per heavy atom. The lowest BCUT2D eigenvalue weighted by Gasteiger charge is -2.25. The summed E-state index contributed by atoms with van der Waals surface area (Å²) >= 11 is 0. The lowest BCUT2D eigenvalue weighted by Crippen LogP contribution is -2.40. The molecule has 0 aliphatic rings. The van der Waals surface area contributed by atoms with E-state index in [0.717, 1.165) is 0 Å². The molecule has 2 N–H and O–H groups in total. The maximum Gasteiger partial charge on any atom is 0.317 e. The van der Waals surface area contributed by atoms with Gasteiger partial charge in [-0.15, -0.1) is 0 Å². The molecule has 0 fully saturated rings. The van der Waals surface area contributed by atoms with Gasteiger partial charge in [-0.2, -0.15) is 0 Å². The SMILES string of the molecule is COCC(C)OCC(O)CN(CC(=O)O)CC(C)C. The third kappa shape index (κ3) is 10.9. The first kappa shape index (κ1) is 18.3. The Bertz CT molecular complexity index is 247. The summed E-state index contributed by atoms with van der Waals surface area (Å²) in [5, 5.41) is 18.7. The summed E-state index contributed by atoms with van der Waals surface area (Å²) in [5.74, 6) is -0.540. The van der Waals surface area contributed by atoms with Gasteiger partial charge in [-0.1, -0.05) is 13.8 Å². The number of carboxylic acid groups (broad SMARTS) is 1. The Hall–Kier alpha value is -0.690. The van der Waals surface area contributed by atoms with Crippen LogP contribution >= 0.6 is 0 Å². The molecule has 6 nitrogen and oxygen atoms in total.